The van der Waals surface area contributed by atoms with E-state index < -0.39 is 5.97 Å². The maximum absolute atomic E-state index is 10.8. The number of pyridine rings is 1. The Kier molecular flexibility index (Phi) is 1.92. The van der Waals surface area contributed by atoms with Gasteiger partial charge in [0.2, 0.25) is 5.82 Å². The molecule has 0 aliphatic heterocycles. The smallest absolute Gasteiger partial charge is 0.372 e. The highest BCUT2D eigenvalue weighted by atomic mass is 16.4. The standard InChI is InChI=1S/C9H9N3O2/c1-2-12-6-4-3-5-10-7(6)11-8(12)9(13)14/h3-5H,2H2,1H3,(H,13,14). The predicted octanol–water partition coefficient (Wildman–Crippen LogP) is 1.15. The number of nitrogens with zero attached hydrogens (tertiary/aromatic N) is 3. The van der Waals surface area contributed by atoms with Crippen LogP contribution >= 0.6 is 0 Å². The van der Waals surface area contributed by atoms with E-state index in [0.717, 1.165) is 5.52 Å². The third-order valence-electron chi connectivity index (χ3n) is 2.03. The van der Waals surface area contributed by atoms with Crippen molar-refractivity contribution in [3.05, 3.63) is 24.2 Å². The number of rotatable bonds is 2. The number of carboxylic acids is 1. The Labute approximate surface area is 80.0 Å². The molecule has 5 nitrogen and oxygen atoms in total. The quantitative estimate of drug-likeness (QED) is 0.773. The van der Waals surface area contributed by atoms with E-state index in [4.69, 9.17) is 5.11 Å². The van der Waals surface area contributed by atoms with Crippen molar-refractivity contribution in [3.8, 4) is 0 Å². The number of hydrogen-bond donors (Lipinski definition) is 1. The van der Waals surface area contributed by atoms with Gasteiger partial charge < -0.3 is 9.67 Å². The van der Waals surface area contributed by atoms with E-state index in [1.807, 2.05) is 13.0 Å². The third-order valence-corrected chi connectivity index (χ3v) is 2.03. The van der Waals surface area contributed by atoms with Crippen molar-refractivity contribution in [2.75, 3.05) is 0 Å². The first-order chi connectivity index (χ1) is 6.74. The zero-order valence-electron chi connectivity index (χ0n) is 7.64. The second-order valence-electron chi connectivity index (χ2n) is 2.83. The van der Waals surface area contributed by atoms with E-state index in [1.165, 1.54) is 0 Å². The molecule has 2 rings (SSSR count). The molecule has 0 atom stereocenters. The molecule has 0 fully saturated rings. The lowest BCUT2D eigenvalue weighted by atomic mass is 10.4. The Morgan fingerprint density at radius 1 is 1.64 bits per heavy atom. The van der Waals surface area contributed by atoms with Crippen molar-refractivity contribution >= 4 is 17.1 Å². The van der Waals surface area contributed by atoms with Gasteiger partial charge in [-0.05, 0) is 19.1 Å². The van der Waals surface area contributed by atoms with E-state index in [2.05, 4.69) is 9.97 Å². The van der Waals surface area contributed by atoms with Gasteiger partial charge in [0.25, 0.3) is 0 Å². The summed E-state index contributed by atoms with van der Waals surface area (Å²) in [6.45, 7) is 2.45. The highest BCUT2D eigenvalue weighted by Gasteiger charge is 2.15. The molecule has 0 unspecified atom stereocenters. The number of aromatic nitrogens is 3. The minimum atomic E-state index is -1.02. The van der Waals surface area contributed by atoms with Crippen molar-refractivity contribution in [2.45, 2.75) is 13.5 Å². The lowest BCUT2D eigenvalue weighted by Gasteiger charge is -2.00. The number of carboxylic acid groups (broad SMARTS) is 1. The van der Waals surface area contributed by atoms with Gasteiger partial charge in [-0.3, -0.25) is 0 Å². The van der Waals surface area contributed by atoms with Crippen molar-refractivity contribution in [3.63, 3.8) is 0 Å². The normalized spacial score (nSPS) is 10.6. The summed E-state index contributed by atoms with van der Waals surface area (Å²) in [7, 11) is 0. The molecule has 0 bridgehead atoms. The first kappa shape index (κ1) is 8.68. The van der Waals surface area contributed by atoms with Crippen molar-refractivity contribution in [1.82, 2.24) is 14.5 Å². The molecule has 0 aliphatic rings. The first-order valence-corrected chi connectivity index (χ1v) is 4.28. The van der Waals surface area contributed by atoms with E-state index in [1.54, 1.807) is 16.8 Å². The summed E-state index contributed by atoms with van der Waals surface area (Å²) >= 11 is 0. The summed E-state index contributed by atoms with van der Waals surface area (Å²) < 4.78 is 1.63. The largest absolute Gasteiger partial charge is 0.475 e. The van der Waals surface area contributed by atoms with Crippen molar-refractivity contribution in [2.24, 2.45) is 0 Å². The molecule has 0 saturated carbocycles. The molecular formula is C9H9N3O2. The topological polar surface area (TPSA) is 68.0 Å². The average Bonchev–Trinajstić information content (AvgIpc) is 2.56. The van der Waals surface area contributed by atoms with E-state index in [0.29, 0.717) is 12.2 Å². The lowest BCUT2D eigenvalue weighted by molar-refractivity contribution is 0.0679. The molecule has 2 aromatic heterocycles. The van der Waals surface area contributed by atoms with Gasteiger partial charge in [-0.1, -0.05) is 0 Å². The summed E-state index contributed by atoms with van der Waals surface area (Å²) in [4.78, 5) is 18.8. The molecule has 0 spiro atoms. The first-order valence-electron chi connectivity index (χ1n) is 4.28. The van der Waals surface area contributed by atoms with Crippen LogP contribution in [0.25, 0.3) is 11.2 Å². The molecule has 14 heavy (non-hydrogen) atoms. The number of hydrogen-bond acceptors (Lipinski definition) is 3. The van der Waals surface area contributed by atoms with Crippen LogP contribution in [0.15, 0.2) is 18.3 Å². The average molecular weight is 191 g/mol. The van der Waals surface area contributed by atoms with Crippen LogP contribution < -0.4 is 0 Å². The van der Waals surface area contributed by atoms with Crippen LogP contribution in [0.1, 0.15) is 17.5 Å². The SMILES string of the molecule is CCn1c(C(=O)O)nc2ncccc21. The van der Waals surface area contributed by atoms with Gasteiger partial charge in [-0.15, -0.1) is 0 Å². The van der Waals surface area contributed by atoms with Crippen LogP contribution in [0.2, 0.25) is 0 Å². The van der Waals surface area contributed by atoms with Crippen molar-refractivity contribution < 1.29 is 9.90 Å². The Hall–Kier alpha value is -1.91. The Morgan fingerprint density at radius 2 is 2.43 bits per heavy atom. The Bertz CT molecular complexity index is 490. The molecular weight excluding hydrogens is 182 g/mol. The number of aryl methyl sites for hydroxylation is 1. The maximum atomic E-state index is 10.8. The van der Waals surface area contributed by atoms with Gasteiger partial charge in [-0.25, -0.2) is 14.8 Å². The fourth-order valence-corrected chi connectivity index (χ4v) is 1.44. The molecule has 5 heteroatoms. The molecule has 0 aliphatic carbocycles. The maximum Gasteiger partial charge on any atom is 0.372 e. The summed E-state index contributed by atoms with van der Waals surface area (Å²) in [5.41, 5.74) is 1.24. The zero-order valence-corrected chi connectivity index (χ0v) is 7.64. The van der Waals surface area contributed by atoms with Crippen LogP contribution in [0, 0.1) is 0 Å². The number of imidazole rings is 1. The summed E-state index contributed by atoms with van der Waals surface area (Å²) in [6, 6.07) is 3.58. The van der Waals surface area contributed by atoms with Gasteiger partial charge in [0.05, 0.1) is 5.52 Å². The zero-order chi connectivity index (χ0) is 10.1. The summed E-state index contributed by atoms with van der Waals surface area (Å²) in [6.07, 6.45) is 1.60. The van der Waals surface area contributed by atoms with Gasteiger partial charge in [0.1, 0.15) is 0 Å². The Morgan fingerprint density at radius 3 is 3.07 bits per heavy atom. The van der Waals surface area contributed by atoms with E-state index in [-0.39, 0.29) is 5.82 Å². The highest BCUT2D eigenvalue weighted by molar-refractivity contribution is 5.88. The number of carbonyl (C=O) groups is 1. The lowest BCUT2D eigenvalue weighted by Crippen LogP contribution is -2.08. The van der Waals surface area contributed by atoms with Gasteiger partial charge >= 0.3 is 5.97 Å². The molecule has 2 aromatic rings. The molecule has 72 valence electrons. The second-order valence-corrected chi connectivity index (χ2v) is 2.83. The van der Waals surface area contributed by atoms with Crippen LogP contribution in [-0.4, -0.2) is 25.6 Å². The highest BCUT2D eigenvalue weighted by Crippen LogP contribution is 2.13. The van der Waals surface area contributed by atoms with Crippen LogP contribution in [0.3, 0.4) is 0 Å². The predicted molar refractivity (Wildman–Crippen MR) is 50.2 cm³/mol. The molecule has 1 N–H and O–H groups in total. The van der Waals surface area contributed by atoms with Crippen molar-refractivity contribution in [1.29, 1.82) is 0 Å². The summed E-state index contributed by atoms with van der Waals surface area (Å²) in [5.74, 6) is -0.981. The molecule has 0 aromatic carbocycles. The van der Waals surface area contributed by atoms with Crippen LogP contribution in [0.5, 0.6) is 0 Å². The van der Waals surface area contributed by atoms with Gasteiger partial charge in [-0.2, -0.15) is 0 Å². The minimum Gasteiger partial charge on any atom is -0.475 e. The minimum absolute atomic E-state index is 0.0428. The Balaban J connectivity index is 2.78. The molecule has 0 saturated heterocycles. The van der Waals surface area contributed by atoms with E-state index in [9.17, 15) is 4.79 Å². The number of aromatic carboxylic acids is 1. The summed E-state index contributed by atoms with van der Waals surface area (Å²) in [5, 5.41) is 8.89. The molecule has 0 amide bonds. The van der Waals surface area contributed by atoms with E-state index >= 15 is 0 Å². The molecule has 0 radical (unpaired) electrons. The third kappa shape index (κ3) is 1.14. The molecule has 2 heterocycles. The van der Waals surface area contributed by atoms with Gasteiger partial charge in [0.15, 0.2) is 5.65 Å². The number of fused-ring (bicyclic) bond motifs is 1. The monoisotopic (exact) mass is 191 g/mol. The fraction of sp³-hybridized carbons (Fsp3) is 0.222. The second kappa shape index (κ2) is 3.10. The van der Waals surface area contributed by atoms with Crippen LogP contribution in [0.4, 0.5) is 0 Å². The van der Waals surface area contributed by atoms with Crippen LogP contribution in [-0.2, 0) is 6.54 Å². The fourth-order valence-electron chi connectivity index (χ4n) is 1.44. The van der Waals surface area contributed by atoms with Gasteiger partial charge in [0, 0.05) is 12.7 Å².